The monoisotopic (exact) mass is 292 g/mol. The molecule has 0 saturated carbocycles. The van der Waals surface area contributed by atoms with Gasteiger partial charge >= 0.3 is 0 Å². The second-order valence-electron chi connectivity index (χ2n) is 7.33. The fourth-order valence-corrected chi connectivity index (χ4v) is 2.91. The van der Waals surface area contributed by atoms with Gasteiger partial charge in [0, 0.05) is 25.6 Å². The maximum atomic E-state index is 12.6. The van der Waals surface area contributed by atoms with E-state index >= 15 is 0 Å². The molecule has 1 unspecified atom stereocenters. The average Bonchev–Trinajstić information content (AvgIpc) is 2.94. The van der Waals surface area contributed by atoms with E-state index in [1.165, 1.54) is 5.69 Å². The highest BCUT2D eigenvalue weighted by Crippen LogP contribution is 2.34. The summed E-state index contributed by atoms with van der Waals surface area (Å²) in [6.07, 6.45) is 2.08. The fraction of sp³-hybridized carbons (Fsp3) is 0.750. The van der Waals surface area contributed by atoms with Crippen LogP contribution in [0.15, 0.2) is 6.07 Å². The summed E-state index contributed by atoms with van der Waals surface area (Å²) in [6, 6.07) is 2.29. The van der Waals surface area contributed by atoms with Crippen molar-refractivity contribution in [3.05, 3.63) is 17.5 Å². The molecule has 0 N–H and O–H groups in total. The molecule has 5 nitrogen and oxygen atoms in total. The SMILES string of the molecule is CN(C)Cc1cc(C2CCCN2C(=O)C(C)(C)C)nn1C. The van der Waals surface area contributed by atoms with Crippen LogP contribution in [0.5, 0.6) is 0 Å². The fourth-order valence-electron chi connectivity index (χ4n) is 2.91. The minimum atomic E-state index is -0.330. The Balaban J connectivity index is 2.22. The molecule has 0 aliphatic carbocycles. The molecule has 21 heavy (non-hydrogen) atoms. The summed E-state index contributed by atoms with van der Waals surface area (Å²) in [5, 5.41) is 4.66. The zero-order chi connectivity index (χ0) is 15.8. The standard InChI is InChI=1S/C16H28N4O/c1-16(2,3)15(21)20-9-7-8-14(20)13-10-12(11-18(4)5)19(6)17-13/h10,14H,7-9,11H2,1-6H3. The first-order valence-electron chi connectivity index (χ1n) is 7.69. The quantitative estimate of drug-likeness (QED) is 0.857. The van der Waals surface area contributed by atoms with Gasteiger partial charge in [-0.15, -0.1) is 0 Å². The van der Waals surface area contributed by atoms with Crippen LogP contribution in [-0.2, 0) is 18.4 Å². The molecule has 1 amide bonds. The first-order valence-corrected chi connectivity index (χ1v) is 7.69. The molecule has 118 valence electrons. The van der Waals surface area contributed by atoms with E-state index in [0.717, 1.165) is 31.6 Å². The summed E-state index contributed by atoms with van der Waals surface area (Å²) < 4.78 is 1.94. The molecule has 2 rings (SSSR count). The summed E-state index contributed by atoms with van der Waals surface area (Å²) in [6.45, 7) is 7.67. The highest BCUT2D eigenvalue weighted by atomic mass is 16.2. The van der Waals surface area contributed by atoms with E-state index in [1.807, 2.05) is 37.4 Å². The van der Waals surface area contributed by atoms with E-state index in [2.05, 4.69) is 30.2 Å². The number of amides is 1. The highest BCUT2D eigenvalue weighted by Gasteiger charge is 2.36. The third kappa shape index (κ3) is 3.46. The molecule has 1 atom stereocenters. The van der Waals surface area contributed by atoms with Crippen molar-refractivity contribution in [3.8, 4) is 0 Å². The number of carbonyl (C=O) groups excluding carboxylic acids is 1. The zero-order valence-corrected chi connectivity index (χ0v) is 14.2. The minimum absolute atomic E-state index is 0.138. The van der Waals surface area contributed by atoms with Gasteiger partial charge in [-0.1, -0.05) is 20.8 Å². The molecule has 0 aromatic carbocycles. The second-order valence-corrected chi connectivity index (χ2v) is 7.33. The number of aromatic nitrogens is 2. The molecular formula is C16H28N4O. The number of hydrogen-bond acceptors (Lipinski definition) is 3. The molecule has 1 aliphatic heterocycles. The second kappa shape index (κ2) is 5.79. The van der Waals surface area contributed by atoms with Crippen molar-refractivity contribution in [1.82, 2.24) is 19.6 Å². The first-order chi connectivity index (χ1) is 9.70. The van der Waals surface area contributed by atoms with E-state index in [1.54, 1.807) is 0 Å². The Morgan fingerprint density at radius 2 is 2.10 bits per heavy atom. The maximum absolute atomic E-state index is 12.6. The third-order valence-corrected chi connectivity index (χ3v) is 3.97. The van der Waals surface area contributed by atoms with Gasteiger partial charge < -0.3 is 9.80 Å². The van der Waals surface area contributed by atoms with Gasteiger partial charge in [-0.05, 0) is 33.0 Å². The Hall–Kier alpha value is -1.36. The topological polar surface area (TPSA) is 41.4 Å². The van der Waals surface area contributed by atoms with Crippen molar-refractivity contribution >= 4 is 5.91 Å². The zero-order valence-electron chi connectivity index (χ0n) is 14.2. The van der Waals surface area contributed by atoms with Crippen LogP contribution in [0.2, 0.25) is 0 Å². The van der Waals surface area contributed by atoms with Gasteiger partial charge in [0.1, 0.15) is 0 Å². The van der Waals surface area contributed by atoms with Gasteiger partial charge in [0.05, 0.1) is 17.4 Å². The van der Waals surface area contributed by atoms with Crippen LogP contribution < -0.4 is 0 Å². The average molecular weight is 292 g/mol. The van der Waals surface area contributed by atoms with E-state index in [0.29, 0.717) is 0 Å². The van der Waals surface area contributed by atoms with Crippen molar-refractivity contribution in [2.75, 3.05) is 20.6 Å². The molecule has 0 bridgehead atoms. The van der Waals surface area contributed by atoms with Gasteiger partial charge in [-0.3, -0.25) is 9.48 Å². The summed E-state index contributed by atoms with van der Waals surface area (Å²) in [4.78, 5) is 16.8. The Morgan fingerprint density at radius 3 is 2.67 bits per heavy atom. The molecule has 1 aromatic rings. The predicted molar refractivity (Wildman–Crippen MR) is 83.7 cm³/mol. The van der Waals surface area contributed by atoms with E-state index in [4.69, 9.17) is 0 Å². The summed E-state index contributed by atoms with van der Waals surface area (Å²) in [7, 11) is 6.09. The van der Waals surface area contributed by atoms with Crippen LogP contribution in [0.3, 0.4) is 0 Å². The molecule has 1 fully saturated rings. The van der Waals surface area contributed by atoms with Crippen LogP contribution in [-0.4, -0.2) is 46.1 Å². The minimum Gasteiger partial charge on any atom is -0.334 e. The molecule has 0 spiro atoms. The largest absolute Gasteiger partial charge is 0.334 e. The Labute approximate surface area is 127 Å². The van der Waals surface area contributed by atoms with Crippen LogP contribution in [0.4, 0.5) is 0 Å². The molecule has 1 aliphatic rings. The van der Waals surface area contributed by atoms with Crippen LogP contribution >= 0.6 is 0 Å². The lowest BCUT2D eigenvalue weighted by molar-refractivity contribution is -0.140. The predicted octanol–water partition coefficient (Wildman–Crippen LogP) is 2.19. The van der Waals surface area contributed by atoms with E-state index in [9.17, 15) is 4.79 Å². The number of likely N-dealkylation sites (tertiary alicyclic amines) is 1. The van der Waals surface area contributed by atoms with E-state index in [-0.39, 0.29) is 17.4 Å². The van der Waals surface area contributed by atoms with Crippen molar-refractivity contribution in [3.63, 3.8) is 0 Å². The lowest BCUT2D eigenvalue weighted by Crippen LogP contribution is -2.39. The van der Waals surface area contributed by atoms with Gasteiger partial charge in [-0.25, -0.2) is 0 Å². The van der Waals surface area contributed by atoms with Gasteiger partial charge in [0.15, 0.2) is 0 Å². The van der Waals surface area contributed by atoms with Crippen LogP contribution in [0, 0.1) is 5.41 Å². The summed E-state index contributed by atoms with van der Waals surface area (Å²) >= 11 is 0. The van der Waals surface area contributed by atoms with Gasteiger partial charge in [0.2, 0.25) is 5.91 Å². The first kappa shape index (κ1) is 16.0. The number of carbonyl (C=O) groups is 1. The molecule has 5 heteroatoms. The number of nitrogens with zero attached hydrogens (tertiary/aromatic N) is 4. The number of hydrogen-bond donors (Lipinski definition) is 0. The Bertz CT molecular complexity index is 513. The van der Waals surface area contributed by atoms with E-state index < -0.39 is 0 Å². The van der Waals surface area contributed by atoms with Crippen molar-refractivity contribution in [2.24, 2.45) is 12.5 Å². The third-order valence-electron chi connectivity index (χ3n) is 3.97. The molecular weight excluding hydrogens is 264 g/mol. The van der Waals surface area contributed by atoms with Crippen LogP contribution in [0.25, 0.3) is 0 Å². The molecule has 0 radical (unpaired) electrons. The highest BCUT2D eigenvalue weighted by molar-refractivity contribution is 5.82. The summed E-state index contributed by atoms with van der Waals surface area (Å²) in [5.41, 5.74) is 1.89. The van der Waals surface area contributed by atoms with Crippen LogP contribution in [0.1, 0.15) is 51.0 Å². The number of rotatable bonds is 3. The van der Waals surface area contributed by atoms with Gasteiger partial charge in [-0.2, -0.15) is 5.10 Å². The van der Waals surface area contributed by atoms with Crippen molar-refractivity contribution in [1.29, 1.82) is 0 Å². The number of aryl methyl sites for hydroxylation is 1. The Morgan fingerprint density at radius 1 is 1.43 bits per heavy atom. The normalized spacial score (nSPS) is 19.6. The summed E-state index contributed by atoms with van der Waals surface area (Å²) in [5.74, 6) is 0.227. The molecule has 2 heterocycles. The van der Waals surface area contributed by atoms with Crippen molar-refractivity contribution < 1.29 is 4.79 Å². The van der Waals surface area contributed by atoms with Crippen molar-refractivity contribution in [2.45, 2.75) is 46.2 Å². The smallest absolute Gasteiger partial charge is 0.228 e. The lowest BCUT2D eigenvalue weighted by atomic mass is 9.94. The molecule has 1 saturated heterocycles. The molecule has 1 aromatic heterocycles. The maximum Gasteiger partial charge on any atom is 0.228 e. The lowest BCUT2D eigenvalue weighted by Gasteiger charge is -2.30. The Kier molecular flexibility index (Phi) is 4.42. The van der Waals surface area contributed by atoms with Gasteiger partial charge in [0.25, 0.3) is 0 Å².